The molecular weight excluding hydrogens is 269 g/mol. The van der Waals surface area contributed by atoms with Gasteiger partial charge in [0.2, 0.25) is 5.91 Å². The molecule has 0 aliphatic carbocycles. The van der Waals surface area contributed by atoms with E-state index >= 15 is 0 Å². The fourth-order valence-corrected chi connectivity index (χ4v) is 1.66. The van der Waals surface area contributed by atoms with Crippen LogP contribution in [-0.2, 0) is 11.2 Å². The summed E-state index contributed by atoms with van der Waals surface area (Å²) in [6, 6.07) is 7.25. The second-order valence-corrected chi connectivity index (χ2v) is 4.37. The first-order valence-corrected chi connectivity index (χ1v) is 5.88. The SMILES string of the molecule is Nc1ccc(CC(=O)Nc2cc(Cl)ccc2F)nc1. The number of amides is 1. The van der Waals surface area contributed by atoms with Crippen molar-refractivity contribution < 1.29 is 9.18 Å². The third-order valence-corrected chi connectivity index (χ3v) is 2.63. The van der Waals surface area contributed by atoms with Crippen LogP contribution in [0.25, 0.3) is 0 Å². The number of nitrogens with one attached hydrogen (secondary N) is 1. The van der Waals surface area contributed by atoms with Gasteiger partial charge in [-0.3, -0.25) is 9.78 Å². The summed E-state index contributed by atoms with van der Waals surface area (Å²) in [4.78, 5) is 15.7. The zero-order chi connectivity index (χ0) is 13.8. The standard InChI is InChI=1S/C13H11ClFN3O/c14-8-1-4-11(15)12(5-8)18-13(19)6-10-3-2-9(16)7-17-10/h1-5,7H,6,16H2,(H,18,19). The Labute approximate surface area is 114 Å². The quantitative estimate of drug-likeness (QED) is 0.907. The van der Waals surface area contributed by atoms with Gasteiger partial charge in [0.15, 0.2) is 0 Å². The van der Waals surface area contributed by atoms with Crippen LogP contribution < -0.4 is 11.1 Å². The molecule has 6 heteroatoms. The lowest BCUT2D eigenvalue weighted by Crippen LogP contribution is -2.16. The highest BCUT2D eigenvalue weighted by Gasteiger charge is 2.09. The van der Waals surface area contributed by atoms with E-state index in [1.165, 1.54) is 24.4 Å². The summed E-state index contributed by atoms with van der Waals surface area (Å²) >= 11 is 5.73. The molecule has 0 radical (unpaired) electrons. The summed E-state index contributed by atoms with van der Waals surface area (Å²) < 4.78 is 13.4. The van der Waals surface area contributed by atoms with Gasteiger partial charge < -0.3 is 11.1 Å². The van der Waals surface area contributed by atoms with Crippen molar-refractivity contribution in [1.82, 2.24) is 4.98 Å². The van der Waals surface area contributed by atoms with E-state index in [9.17, 15) is 9.18 Å². The molecule has 19 heavy (non-hydrogen) atoms. The summed E-state index contributed by atoms with van der Waals surface area (Å²) in [6.07, 6.45) is 1.49. The highest BCUT2D eigenvalue weighted by Crippen LogP contribution is 2.19. The number of halogens is 2. The van der Waals surface area contributed by atoms with E-state index in [4.69, 9.17) is 17.3 Å². The molecular formula is C13H11ClFN3O. The van der Waals surface area contributed by atoms with E-state index in [1.807, 2.05) is 0 Å². The molecule has 1 aromatic heterocycles. The molecule has 0 aliphatic rings. The molecule has 0 saturated carbocycles. The molecule has 4 nitrogen and oxygen atoms in total. The number of anilines is 2. The van der Waals surface area contributed by atoms with Gasteiger partial charge in [0.1, 0.15) is 5.82 Å². The molecule has 0 saturated heterocycles. The van der Waals surface area contributed by atoms with Crippen LogP contribution in [0.5, 0.6) is 0 Å². The molecule has 0 aliphatic heterocycles. The van der Waals surface area contributed by atoms with E-state index in [0.29, 0.717) is 16.4 Å². The maximum absolute atomic E-state index is 13.4. The predicted molar refractivity (Wildman–Crippen MR) is 72.4 cm³/mol. The highest BCUT2D eigenvalue weighted by molar-refractivity contribution is 6.30. The van der Waals surface area contributed by atoms with Gasteiger partial charge in [0.05, 0.1) is 24.0 Å². The Hall–Kier alpha value is -2.14. The molecule has 0 fully saturated rings. The van der Waals surface area contributed by atoms with E-state index < -0.39 is 5.82 Å². The van der Waals surface area contributed by atoms with Gasteiger partial charge in [-0.25, -0.2) is 4.39 Å². The zero-order valence-electron chi connectivity index (χ0n) is 9.86. The van der Waals surface area contributed by atoms with E-state index in [-0.39, 0.29) is 18.0 Å². The van der Waals surface area contributed by atoms with Crippen molar-refractivity contribution in [2.75, 3.05) is 11.1 Å². The summed E-state index contributed by atoms with van der Waals surface area (Å²) in [5.74, 6) is -0.915. The van der Waals surface area contributed by atoms with Crippen LogP contribution in [-0.4, -0.2) is 10.9 Å². The molecule has 0 spiro atoms. The monoisotopic (exact) mass is 279 g/mol. The number of pyridine rings is 1. The normalized spacial score (nSPS) is 10.2. The number of nitrogens with two attached hydrogens (primary N) is 1. The number of nitrogens with zero attached hydrogens (tertiary/aromatic N) is 1. The van der Waals surface area contributed by atoms with Gasteiger partial charge in [-0.05, 0) is 30.3 Å². The average Bonchev–Trinajstić information content (AvgIpc) is 2.37. The average molecular weight is 280 g/mol. The topological polar surface area (TPSA) is 68.0 Å². The summed E-state index contributed by atoms with van der Waals surface area (Å²) in [5, 5.41) is 2.79. The van der Waals surface area contributed by atoms with Crippen LogP contribution in [0.4, 0.5) is 15.8 Å². The molecule has 98 valence electrons. The van der Waals surface area contributed by atoms with Crippen molar-refractivity contribution in [2.24, 2.45) is 0 Å². The Morgan fingerprint density at radius 3 is 2.84 bits per heavy atom. The summed E-state index contributed by atoms with van der Waals surface area (Å²) in [5.41, 5.74) is 6.61. The maximum atomic E-state index is 13.4. The van der Waals surface area contributed by atoms with Crippen LogP contribution in [0.2, 0.25) is 5.02 Å². The molecule has 0 bridgehead atoms. The molecule has 0 atom stereocenters. The molecule has 0 unspecified atom stereocenters. The molecule has 1 aromatic carbocycles. The van der Waals surface area contributed by atoms with Crippen LogP contribution in [0.3, 0.4) is 0 Å². The third kappa shape index (κ3) is 3.66. The fourth-order valence-electron chi connectivity index (χ4n) is 1.49. The van der Waals surface area contributed by atoms with Gasteiger partial charge in [0.25, 0.3) is 0 Å². The predicted octanol–water partition coefficient (Wildman–Crippen LogP) is 2.64. The molecule has 1 heterocycles. The van der Waals surface area contributed by atoms with Crippen LogP contribution in [0.1, 0.15) is 5.69 Å². The Morgan fingerprint density at radius 2 is 2.16 bits per heavy atom. The third-order valence-electron chi connectivity index (χ3n) is 2.39. The van der Waals surface area contributed by atoms with Crippen molar-refractivity contribution in [3.8, 4) is 0 Å². The van der Waals surface area contributed by atoms with Crippen molar-refractivity contribution in [1.29, 1.82) is 0 Å². The van der Waals surface area contributed by atoms with Crippen LogP contribution >= 0.6 is 11.6 Å². The first kappa shape index (κ1) is 13.3. The lowest BCUT2D eigenvalue weighted by atomic mass is 10.2. The van der Waals surface area contributed by atoms with Gasteiger partial charge in [-0.1, -0.05) is 11.6 Å². The van der Waals surface area contributed by atoms with E-state index in [1.54, 1.807) is 12.1 Å². The Bertz CT molecular complexity index is 601. The number of carbonyl (C=O) groups excluding carboxylic acids is 1. The summed E-state index contributed by atoms with van der Waals surface area (Å²) in [7, 11) is 0. The minimum atomic E-state index is -0.539. The van der Waals surface area contributed by atoms with Crippen LogP contribution in [0.15, 0.2) is 36.5 Å². The Morgan fingerprint density at radius 1 is 1.37 bits per heavy atom. The van der Waals surface area contributed by atoms with Crippen LogP contribution in [0, 0.1) is 5.82 Å². The first-order valence-electron chi connectivity index (χ1n) is 5.50. The lowest BCUT2D eigenvalue weighted by Gasteiger charge is -2.06. The Kier molecular flexibility index (Phi) is 3.97. The molecule has 1 amide bonds. The Balaban J connectivity index is 2.05. The van der Waals surface area contributed by atoms with Crippen molar-refractivity contribution in [3.63, 3.8) is 0 Å². The zero-order valence-corrected chi connectivity index (χ0v) is 10.6. The number of hydrogen-bond acceptors (Lipinski definition) is 3. The number of benzene rings is 1. The minimum absolute atomic E-state index is 0.0340. The van der Waals surface area contributed by atoms with Crippen molar-refractivity contribution in [3.05, 3.63) is 53.1 Å². The van der Waals surface area contributed by atoms with Crippen molar-refractivity contribution >= 4 is 28.9 Å². The fraction of sp³-hybridized carbons (Fsp3) is 0.0769. The van der Waals surface area contributed by atoms with Crippen molar-refractivity contribution in [2.45, 2.75) is 6.42 Å². The lowest BCUT2D eigenvalue weighted by molar-refractivity contribution is -0.115. The number of hydrogen-bond donors (Lipinski definition) is 2. The van der Waals surface area contributed by atoms with Gasteiger partial charge in [-0.2, -0.15) is 0 Å². The van der Waals surface area contributed by atoms with E-state index in [0.717, 1.165) is 0 Å². The molecule has 2 rings (SSSR count). The first-order chi connectivity index (χ1) is 9.04. The number of rotatable bonds is 3. The molecule has 2 aromatic rings. The summed E-state index contributed by atoms with van der Waals surface area (Å²) in [6.45, 7) is 0. The number of nitrogen functional groups attached to an aromatic ring is 1. The molecule has 3 N–H and O–H groups in total. The van der Waals surface area contributed by atoms with Gasteiger partial charge >= 0.3 is 0 Å². The number of aromatic nitrogens is 1. The largest absolute Gasteiger partial charge is 0.397 e. The maximum Gasteiger partial charge on any atom is 0.230 e. The minimum Gasteiger partial charge on any atom is -0.397 e. The second-order valence-electron chi connectivity index (χ2n) is 3.93. The number of carbonyl (C=O) groups is 1. The van der Waals surface area contributed by atoms with E-state index in [2.05, 4.69) is 10.3 Å². The van der Waals surface area contributed by atoms with Gasteiger partial charge in [0, 0.05) is 10.7 Å². The smallest absolute Gasteiger partial charge is 0.230 e. The second kappa shape index (κ2) is 5.67. The van der Waals surface area contributed by atoms with Gasteiger partial charge in [-0.15, -0.1) is 0 Å². The highest BCUT2D eigenvalue weighted by atomic mass is 35.5.